The molecule has 2 aliphatic heterocycles. The Morgan fingerprint density at radius 1 is 1.30 bits per heavy atom. The number of aryl methyl sites for hydroxylation is 1. The van der Waals surface area contributed by atoms with E-state index in [-0.39, 0.29) is 5.91 Å². The number of hydrogen-bond acceptors (Lipinski definition) is 3. The Morgan fingerprint density at radius 3 is 2.90 bits per heavy atom. The van der Waals surface area contributed by atoms with Crippen molar-refractivity contribution in [3.8, 4) is 0 Å². The molecule has 2 aliphatic rings. The minimum absolute atomic E-state index is 0.149. The zero-order chi connectivity index (χ0) is 13.9. The molecule has 4 nitrogen and oxygen atoms in total. The maximum Gasteiger partial charge on any atom is 0.255 e. The Labute approximate surface area is 120 Å². The molecule has 2 unspecified atom stereocenters. The third kappa shape index (κ3) is 2.70. The van der Waals surface area contributed by atoms with E-state index in [0.29, 0.717) is 12.1 Å². The molecule has 108 valence electrons. The van der Waals surface area contributed by atoms with Crippen LogP contribution in [0.2, 0.25) is 0 Å². The number of piperidine rings is 1. The van der Waals surface area contributed by atoms with Crippen LogP contribution in [0, 0.1) is 6.92 Å². The molecule has 0 radical (unpaired) electrons. The van der Waals surface area contributed by atoms with Crippen molar-refractivity contribution in [3.63, 3.8) is 0 Å². The fraction of sp³-hybridized carbons (Fsp3) is 0.625. The molecule has 0 bridgehead atoms. The largest absolute Gasteiger partial charge is 0.334 e. The molecule has 1 aromatic rings. The van der Waals surface area contributed by atoms with E-state index in [0.717, 1.165) is 37.2 Å². The van der Waals surface area contributed by atoms with E-state index in [1.807, 2.05) is 19.1 Å². The van der Waals surface area contributed by atoms with Crippen LogP contribution >= 0.6 is 0 Å². The van der Waals surface area contributed by atoms with Gasteiger partial charge in [-0.15, -0.1) is 0 Å². The van der Waals surface area contributed by atoms with Gasteiger partial charge in [0.2, 0.25) is 0 Å². The molecule has 20 heavy (non-hydrogen) atoms. The molecular formula is C16H23N3O. The summed E-state index contributed by atoms with van der Waals surface area (Å²) in [4.78, 5) is 19.1. The van der Waals surface area contributed by atoms with Crippen LogP contribution in [0.25, 0.3) is 0 Å². The van der Waals surface area contributed by atoms with Crippen LogP contribution in [-0.4, -0.2) is 41.0 Å². The summed E-state index contributed by atoms with van der Waals surface area (Å²) in [7, 11) is 0. The van der Waals surface area contributed by atoms with Crippen molar-refractivity contribution >= 4 is 5.91 Å². The van der Waals surface area contributed by atoms with Crippen molar-refractivity contribution in [1.82, 2.24) is 15.2 Å². The van der Waals surface area contributed by atoms with E-state index in [1.165, 1.54) is 19.3 Å². The maximum absolute atomic E-state index is 12.7. The Kier molecular flexibility index (Phi) is 4.01. The maximum atomic E-state index is 12.7. The number of nitrogens with one attached hydrogen (secondary N) is 1. The fourth-order valence-electron chi connectivity index (χ4n) is 3.43. The highest BCUT2D eigenvalue weighted by Gasteiger charge is 2.34. The molecule has 1 amide bonds. The predicted octanol–water partition coefficient (Wildman–Crippen LogP) is 2.14. The molecule has 0 aromatic carbocycles. The number of pyridine rings is 1. The van der Waals surface area contributed by atoms with Gasteiger partial charge < -0.3 is 10.2 Å². The number of carbonyl (C=O) groups is 1. The van der Waals surface area contributed by atoms with Gasteiger partial charge in [0.1, 0.15) is 0 Å². The monoisotopic (exact) mass is 273 g/mol. The van der Waals surface area contributed by atoms with Crippen LogP contribution < -0.4 is 5.32 Å². The van der Waals surface area contributed by atoms with Gasteiger partial charge in [0, 0.05) is 30.5 Å². The summed E-state index contributed by atoms with van der Waals surface area (Å²) in [6.45, 7) is 3.92. The summed E-state index contributed by atoms with van der Waals surface area (Å²) in [5.74, 6) is 0.149. The van der Waals surface area contributed by atoms with Gasteiger partial charge in [-0.05, 0) is 57.7 Å². The highest BCUT2D eigenvalue weighted by molar-refractivity contribution is 5.94. The molecule has 0 saturated carbocycles. The van der Waals surface area contributed by atoms with Crippen LogP contribution in [-0.2, 0) is 0 Å². The lowest BCUT2D eigenvalue weighted by molar-refractivity contribution is 0.0563. The minimum Gasteiger partial charge on any atom is -0.334 e. The molecule has 2 fully saturated rings. The summed E-state index contributed by atoms with van der Waals surface area (Å²) >= 11 is 0. The normalized spacial score (nSPS) is 26.8. The van der Waals surface area contributed by atoms with Crippen LogP contribution in [0.5, 0.6) is 0 Å². The van der Waals surface area contributed by atoms with Crippen LogP contribution in [0.4, 0.5) is 0 Å². The zero-order valence-corrected chi connectivity index (χ0v) is 12.1. The molecule has 1 N–H and O–H groups in total. The van der Waals surface area contributed by atoms with Crippen molar-refractivity contribution in [1.29, 1.82) is 0 Å². The van der Waals surface area contributed by atoms with E-state index in [4.69, 9.17) is 0 Å². The van der Waals surface area contributed by atoms with Gasteiger partial charge in [-0.25, -0.2) is 0 Å². The van der Waals surface area contributed by atoms with Crippen molar-refractivity contribution in [2.75, 3.05) is 13.1 Å². The third-order valence-corrected chi connectivity index (χ3v) is 4.53. The molecule has 3 rings (SSSR count). The van der Waals surface area contributed by atoms with Crippen LogP contribution in [0.3, 0.4) is 0 Å². The molecule has 3 heterocycles. The first-order valence-electron chi connectivity index (χ1n) is 7.73. The molecule has 2 atom stereocenters. The van der Waals surface area contributed by atoms with Gasteiger partial charge in [-0.3, -0.25) is 9.78 Å². The van der Waals surface area contributed by atoms with E-state index >= 15 is 0 Å². The van der Waals surface area contributed by atoms with Gasteiger partial charge in [0.05, 0.1) is 5.56 Å². The van der Waals surface area contributed by atoms with Crippen LogP contribution in [0.1, 0.15) is 48.2 Å². The molecular weight excluding hydrogens is 250 g/mol. The number of rotatable bonds is 2. The smallest absolute Gasteiger partial charge is 0.255 e. The van der Waals surface area contributed by atoms with E-state index in [2.05, 4.69) is 15.2 Å². The summed E-state index contributed by atoms with van der Waals surface area (Å²) in [5, 5.41) is 3.56. The lowest BCUT2D eigenvalue weighted by atomic mass is 9.94. The molecule has 1 aromatic heterocycles. The fourth-order valence-corrected chi connectivity index (χ4v) is 3.43. The average molecular weight is 273 g/mol. The Morgan fingerprint density at radius 2 is 2.20 bits per heavy atom. The SMILES string of the molecule is Cc1ccc(C(=O)N2CCCCC2C2CCCN2)cn1. The second-order valence-electron chi connectivity index (χ2n) is 5.95. The molecule has 0 spiro atoms. The number of likely N-dealkylation sites (tertiary alicyclic amines) is 1. The molecule has 0 aliphatic carbocycles. The van der Waals surface area contributed by atoms with Gasteiger partial charge in [-0.1, -0.05) is 0 Å². The Bertz CT molecular complexity index is 465. The summed E-state index contributed by atoms with van der Waals surface area (Å²) < 4.78 is 0. The lowest BCUT2D eigenvalue weighted by Gasteiger charge is -2.39. The molecule has 4 heteroatoms. The highest BCUT2D eigenvalue weighted by Crippen LogP contribution is 2.25. The van der Waals surface area contributed by atoms with Crippen molar-refractivity contribution in [2.45, 2.75) is 51.1 Å². The van der Waals surface area contributed by atoms with Crippen molar-refractivity contribution in [2.24, 2.45) is 0 Å². The standard InChI is InChI=1S/C16H23N3O/c1-12-7-8-13(11-18-12)16(20)19-10-3-2-6-15(19)14-5-4-9-17-14/h7-8,11,14-15,17H,2-6,9-10H2,1H3. The quantitative estimate of drug-likeness (QED) is 0.898. The van der Waals surface area contributed by atoms with Crippen LogP contribution in [0.15, 0.2) is 18.3 Å². The third-order valence-electron chi connectivity index (χ3n) is 4.53. The average Bonchev–Trinajstić information content (AvgIpc) is 3.01. The number of nitrogens with zero attached hydrogens (tertiary/aromatic N) is 2. The first-order valence-corrected chi connectivity index (χ1v) is 7.73. The number of aromatic nitrogens is 1. The Balaban J connectivity index is 1.78. The van der Waals surface area contributed by atoms with E-state index in [1.54, 1.807) is 6.20 Å². The second-order valence-corrected chi connectivity index (χ2v) is 5.95. The summed E-state index contributed by atoms with van der Waals surface area (Å²) in [5.41, 5.74) is 1.68. The minimum atomic E-state index is 0.149. The molecule has 2 saturated heterocycles. The van der Waals surface area contributed by atoms with E-state index < -0.39 is 0 Å². The van der Waals surface area contributed by atoms with Crippen molar-refractivity contribution < 1.29 is 4.79 Å². The topological polar surface area (TPSA) is 45.2 Å². The predicted molar refractivity (Wildman–Crippen MR) is 78.7 cm³/mol. The first kappa shape index (κ1) is 13.6. The summed E-state index contributed by atoms with van der Waals surface area (Å²) in [6.07, 6.45) is 7.62. The number of carbonyl (C=O) groups excluding carboxylic acids is 1. The van der Waals surface area contributed by atoms with Gasteiger partial charge in [0.15, 0.2) is 0 Å². The lowest BCUT2D eigenvalue weighted by Crippen LogP contribution is -2.52. The zero-order valence-electron chi connectivity index (χ0n) is 12.1. The van der Waals surface area contributed by atoms with Crippen molar-refractivity contribution in [3.05, 3.63) is 29.6 Å². The Hall–Kier alpha value is -1.42. The number of amides is 1. The highest BCUT2D eigenvalue weighted by atomic mass is 16.2. The van der Waals surface area contributed by atoms with Gasteiger partial charge in [0.25, 0.3) is 5.91 Å². The van der Waals surface area contributed by atoms with Gasteiger partial charge in [-0.2, -0.15) is 0 Å². The first-order chi connectivity index (χ1) is 9.75. The van der Waals surface area contributed by atoms with Gasteiger partial charge >= 0.3 is 0 Å². The van der Waals surface area contributed by atoms with E-state index in [9.17, 15) is 4.79 Å². The second kappa shape index (κ2) is 5.92. The summed E-state index contributed by atoms with van der Waals surface area (Å²) in [6, 6.07) is 4.66. The number of hydrogen-bond donors (Lipinski definition) is 1.